The molecule has 3 unspecified atom stereocenters. The number of hydrogen-bond donors (Lipinski definition) is 0. The second-order valence-corrected chi connectivity index (χ2v) is 6.62. The van der Waals surface area contributed by atoms with Gasteiger partial charge >= 0.3 is 0 Å². The lowest BCUT2D eigenvalue weighted by atomic mass is 9.88. The quantitative estimate of drug-likeness (QED) is 0.381. The van der Waals surface area contributed by atoms with Crippen LogP contribution in [0.4, 0.5) is 0 Å². The molecule has 3 atom stereocenters. The summed E-state index contributed by atoms with van der Waals surface area (Å²) in [6, 6.07) is 0. The minimum Gasteiger partial charge on any atom is -0.0850 e. The van der Waals surface area contributed by atoms with Crippen molar-refractivity contribution in [2.24, 2.45) is 11.8 Å². The summed E-state index contributed by atoms with van der Waals surface area (Å²) in [6.07, 6.45) is 14.7. The van der Waals surface area contributed by atoms with Gasteiger partial charge < -0.3 is 0 Å². The van der Waals surface area contributed by atoms with Crippen LogP contribution in [-0.2, 0) is 0 Å². The van der Waals surface area contributed by atoms with E-state index >= 15 is 0 Å². The van der Waals surface area contributed by atoms with E-state index in [-0.39, 0.29) is 0 Å². The van der Waals surface area contributed by atoms with Crippen molar-refractivity contribution in [3.8, 4) is 0 Å². The summed E-state index contributed by atoms with van der Waals surface area (Å²) >= 11 is 4.00. The zero-order valence-corrected chi connectivity index (χ0v) is 10.7. The highest BCUT2D eigenvalue weighted by atomic mass is 79.9. The fourth-order valence-electron chi connectivity index (χ4n) is 3.03. The van der Waals surface area contributed by atoms with E-state index in [1.165, 1.54) is 44.9 Å². The van der Waals surface area contributed by atoms with Gasteiger partial charge in [0.05, 0.1) is 0 Å². The van der Waals surface area contributed by atoms with E-state index in [0.29, 0.717) is 4.32 Å². The zero-order chi connectivity index (χ0) is 10.0. The first-order valence-electron chi connectivity index (χ1n) is 6.12. The Morgan fingerprint density at radius 2 is 2.14 bits per heavy atom. The molecule has 0 N–H and O–H groups in total. The molecule has 1 fully saturated rings. The van der Waals surface area contributed by atoms with E-state index < -0.39 is 0 Å². The Hall–Kier alpha value is 0.220. The maximum absolute atomic E-state index is 4.00. The number of fused-ring (bicyclic) bond motifs is 2. The molecule has 0 aromatic rings. The number of alkyl halides is 1. The van der Waals surface area contributed by atoms with Crippen molar-refractivity contribution in [1.29, 1.82) is 0 Å². The summed E-state index contributed by atoms with van der Waals surface area (Å²) in [7, 11) is 0. The molecule has 0 nitrogen and oxygen atoms in total. The van der Waals surface area contributed by atoms with Gasteiger partial charge in [0.2, 0.25) is 0 Å². The number of allylic oxidation sites excluding steroid dienone is 2. The van der Waals surface area contributed by atoms with Crippen molar-refractivity contribution in [3.63, 3.8) is 0 Å². The predicted molar refractivity (Wildman–Crippen MR) is 65.8 cm³/mol. The number of halogens is 1. The molecule has 0 aromatic heterocycles. The molecule has 14 heavy (non-hydrogen) atoms. The van der Waals surface area contributed by atoms with Crippen LogP contribution in [0.5, 0.6) is 0 Å². The highest BCUT2D eigenvalue weighted by Crippen LogP contribution is 2.53. The first kappa shape index (κ1) is 10.7. The number of rotatable bonds is 5. The molecule has 0 amide bonds. The van der Waals surface area contributed by atoms with Crippen LogP contribution in [0.25, 0.3) is 0 Å². The largest absolute Gasteiger partial charge is 0.0850 e. The Labute approximate surface area is 96.3 Å². The highest BCUT2D eigenvalue weighted by molar-refractivity contribution is 9.10. The molecule has 2 aliphatic carbocycles. The van der Waals surface area contributed by atoms with Crippen molar-refractivity contribution in [3.05, 3.63) is 12.2 Å². The van der Waals surface area contributed by atoms with Crippen LogP contribution < -0.4 is 0 Å². The Kier molecular flexibility index (Phi) is 3.36. The number of hydrogen-bond acceptors (Lipinski definition) is 0. The fraction of sp³-hybridized carbons (Fsp3) is 0.846. The smallest absolute Gasteiger partial charge is 0.0326 e. The maximum atomic E-state index is 4.00. The SMILES string of the molecule is CCCCCCC1(Br)CC2C=CC1C2. The molecule has 0 saturated heterocycles. The Balaban J connectivity index is 1.77. The molecule has 0 aliphatic heterocycles. The van der Waals surface area contributed by atoms with Crippen LogP contribution in [-0.4, -0.2) is 4.32 Å². The van der Waals surface area contributed by atoms with Gasteiger partial charge in [-0.3, -0.25) is 0 Å². The standard InChI is InChI=1S/C13H21Br/c1-2-3-4-5-8-13(14)10-11-6-7-12(13)9-11/h6-7,11-12H,2-5,8-10H2,1H3. The van der Waals surface area contributed by atoms with Gasteiger partial charge in [-0.25, -0.2) is 0 Å². The minimum atomic E-state index is 0.486. The van der Waals surface area contributed by atoms with Gasteiger partial charge in [-0.15, -0.1) is 0 Å². The summed E-state index contributed by atoms with van der Waals surface area (Å²) in [4.78, 5) is 0. The lowest BCUT2D eigenvalue weighted by Gasteiger charge is -2.29. The fourth-order valence-corrected chi connectivity index (χ4v) is 4.07. The first-order chi connectivity index (χ1) is 6.74. The molecule has 2 bridgehead atoms. The summed E-state index contributed by atoms with van der Waals surface area (Å²) in [5.74, 6) is 1.74. The third-order valence-corrected chi connectivity index (χ3v) is 5.19. The van der Waals surface area contributed by atoms with Crippen molar-refractivity contribution < 1.29 is 0 Å². The molecular formula is C13H21Br. The molecule has 0 spiro atoms. The third-order valence-electron chi connectivity index (χ3n) is 3.88. The van der Waals surface area contributed by atoms with Gasteiger partial charge in [0.15, 0.2) is 0 Å². The normalized spacial score (nSPS) is 39.6. The van der Waals surface area contributed by atoms with Crippen molar-refractivity contribution in [2.75, 3.05) is 0 Å². The van der Waals surface area contributed by atoms with Crippen LogP contribution in [0.2, 0.25) is 0 Å². The Bertz CT molecular complexity index is 221. The van der Waals surface area contributed by atoms with E-state index in [4.69, 9.17) is 0 Å². The second-order valence-electron chi connectivity index (χ2n) is 5.04. The molecule has 0 radical (unpaired) electrons. The van der Waals surface area contributed by atoms with Crippen LogP contribution in [0.3, 0.4) is 0 Å². The van der Waals surface area contributed by atoms with Gasteiger partial charge in [-0.1, -0.05) is 60.7 Å². The average Bonchev–Trinajstić information content (AvgIpc) is 2.72. The van der Waals surface area contributed by atoms with Gasteiger partial charge in [0.25, 0.3) is 0 Å². The minimum absolute atomic E-state index is 0.486. The maximum Gasteiger partial charge on any atom is 0.0326 e. The predicted octanol–water partition coefficient (Wildman–Crippen LogP) is 4.69. The van der Waals surface area contributed by atoms with Crippen molar-refractivity contribution in [2.45, 2.75) is 56.2 Å². The summed E-state index contributed by atoms with van der Waals surface area (Å²) < 4.78 is 0.486. The van der Waals surface area contributed by atoms with Crippen LogP contribution in [0, 0.1) is 11.8 Å². The van der Waals surface area contributed by atoms with Gasteiger partial charge in [-0.05, 0) is 31.1 Å². The van der Waals surface area contributed by atoms with Crippen LogP contribution in [0.15, 0.2) is 12.2 Å². The Morgan fingerprint density at radius 3 is 2.71 bits per heavy atom. The van der Waals surface area contributed by atoms with Gasteiger partial charge in [0, 0.05) is 4.32 Å². The molecule has 2 rings (SSSR count). The van der Waals surface area contributed by atoms with Crippen LogP contribution >= 0.6 is 15.9 Å². The van der Waals surface area contributed by atoms with Gasteiger partial charge in [-0.2, -0.15) is 0 Å². The van der Waals surface area contributed by atoms with Gasteiger partial charge in [0.1, 0.15) is 0 Å². The lowest BCUT2D eigenvalue weighted by Crippen LogP contribution is -2.25. The molecule has 1 saturated carbocycles. The molecule has 2 aliphatic rings. The number of unbranched alkanes of at least 4 members (excludes halogenated alkanes) is 3. The molecule has 0 heterocycles. The third kappa shape index (κ3) is 2.08. The molecule has 0 aromatic carbocycles. The topological polar surface area (TPSA) is 0 Å². The Morgan fingerprint density at radius 1 is 1.29 bits per heavy atom. The second kappa shape index (κ2) is 4.38. The summed E-state index contributed by atoms with van der Waals surface area (Å²) in [5.41, 5.74) is 0. The lowest BCUT2D eigenvalue weighted by molar-refractivity contribution is 0.451. The molecule has 1 heteroatoms. The summed E-state index contributed by atoms with van der Waals surface area (Å²) in [5, 5.41) is 0. The molecular weight excluding hydrogens is 236 g/mol. The summed E-state index contributed by atoms with van der Waals surface area (Å²) in [6.45, 7) is 2.28. The van der Waals surface area contributed by atoms with E-state index in [2.05, 4.69) is 35.0 Å². The molecule has 80 valence electrons. The van der Waals surface area contributed by atoms with Crippen molar-refractivity contribution in [1.82, 2.24) is 0 Å². The average molecular weight is 257 g/mol. The monoisotopic (exact) mass is 256 g/mol. The van der Waals surface area contributed by atoms with E-state index in [1.807, 2.05) is 0 Å². The van der Waals surface area contributed by atoms with E-state index in [9.17, 15) is 0 Å². The first-order valence-corrected chi connectivity index (χ1v) is 6.91. The van der Waals surface area contributed by atoms with Crippen molar-refractivity contribution >= 4 is 15.9 Å². The zero-order valence-electron chi connectivity index (χ0n) is 9.14. The van der Waals surface area contributed by atoms with E-state index in [0.717, 1.165) is 11.8 Å². The van der Waals surface area contributed by atoms with Crippen LogP contribution in [0.1, 0.15) is 51.9 Å². The van der Waals surface area contributed by atoms with E-state index in [1.54, 1.807) is 0 Å². The highest BCUT2D eigenvalue weighted by Gasteiger charge is 2.45.